The van der Waals surface area contributed by atoms with Crippen molar-refractivity contribution in [2.45, 2.75) is 31.4 Å². The van der Waals surface area contributed by atoms with Crippen LogP contribution in [0.2, 0.25) is 0 Å². The molecule has 0 saturated carbocycles. The van der Waals surface area contributed by atoms with Crippen molar-refractivity contribution in [3.8, 4) is 5.75 Å². The van der Waals surface area contributed by atoms with E-state index in [0.717, 1.165) is 6.42 Å². The van der Waals surface area contributed by atoms with E-state index in [0.29, 0.717) is 44.0 Å². The molecule has 0 aliphatic carbocycles. The predicted molar refractivity (Wildman–Crippen MR) is 94.4 cm³/mol. The second kappa shape index (κ2) is 7.19. The molecule has 27 heavy (non-hydrogen) atoms. The summed E-state index contributed by atoms with van der Waals surface area (Å²) in [6.45, 7) is 1.64. The molecule has 144 valence electrons. The van der Waals surface area contributed by atoms with E-state index >= 15 is 0 Å². The Hall–Kier alpha value is -2.61. The molecule has 0 bridgehead atoms. The summed E-state index contributed by atoms with van der Waals surface area (Å²) in [6, 6.07) is 5.97. The lowest BCUT2D eigenvalue weighted by atomic mass is 9.91. The van der Waals surface area contributed by atoms with Gasteiger partial charge in [0.25, 0.3) is 5.91 Å². The van der Waals surface area contributed by atoms with E-state index < -0.39 is 6.04 Å². The zero-order chi connectivity index (χ0) is 19.0. The van der Waals surface area contributed by atoms with E-state index in [-0.39, 0.29) is 29.9 Å². The Morgan fingerprint density at radius 2 is 1.96 bits per heavy atom. The number of hydrogen-bond donors (Lipinski definition) is 0. The zero-order valence-electron chi connectivity index (χ0n) is 15.1. The summed E-state index contributed by atoms with van der Waals surface area (Å²) in [5, 5.41) is 0. The van der Waals surface area contributed by atoms with Gasteiger partial charge in [0.15, 0.2) is 0 Å². The molecule has 0 radical (unpaired) electrons. The second-order valence-corrected chi connectivity index (χ2v) is 7.01. The van der Waals surface area contributed by atoms with Crippen LogP contribution >= 0.6 is 0 Å². The van der Waals surface area contributed by atoms with Crippen LogP contribution in [0.25, 0.3) is 0 Å². The highest BCUT2D eigenvalue weighted by atomic mass is 16.5. The molecule has 0 spiro atoms. The van der Waals surface area contributed by atoms with Crippen molar-refractivity contribution in [1.82, 2.24) is 4.90 Å². The van der Waals surface area contributed by atoms with Gasteiger partial charge in [0, 0.05) is 13.0 Å². The van der Waals surface area contributed by atoms with Crippen molar-refractivity contribution in [2.24, 2.45) is 5.92 Å². The Bertz CT molecular complexity index is 743. The highest BCUT2D eigenvalue weighted by molar-refractivity contribution is 6.21. The van der Waals surface area contributed by atoms with Gasteiger partial charge in [-0.15, -0.1) is 0 Å². The molecule has 4 rings (SSSR count). The molecule has 3 unspecified atom stereocenters. The molecule has 1 aromatic carbocycles. The molecule has 8 heteroatoms. The number of benzene rings is 1. The Kier molecular flexibility index (Phi) is 4.73. The standard InChI is InChI=1S/C19H22N2O6/c1-25-18(23)12-6-8-20-16(10-12)17(22)21(19(20)24)13-2-4-14(5-3-13)27-15-7-9-26-11-15/h2-5,12,15-16H,6-11H2,1H3. The lowest BCUT2D eigenvalue weighted by molar-refractivity contribution is -0.147. The number of ether oxygens (including phenoxy) is 3. The summed E-state index contributed by atoms with van der Waals surface area (Å²) >= 11 is 0. The molecule has 3 heterocycles. The summed E-state index contributed by atoms with van der Waals surface area (Å²) in [5.74, 6) is -0.300. The third-order valence-corrected chi connectivity index (χ3v) is 5.36. The molecule has 3 atom stereocenters. The zero-order valence-corrected chi connectivity index (χ0v) is 15.1. The maximum atomic E-state index is 12.8. The topological polar surface area (TPSA) is 85.4 Å². The van der Waals surface area contributed by atoms with Crippen LogP contribution in [0.5, 0.6) is 5.75 Å². The lowest BCUT2D eigenvalue weighted by Gasteiger charge is -2.30. The van der Waals surface area contributed by atoms with Gasteiger partial charge in [-0.2, -0.15) is 0 Å². The molecule has 1 aromatic rings. The van der Waals surface area contributed by atoms with Crippen LogP contribution < -0.4 is 9.64 Å². The highest BCUT2D eigenvalue weighted by Crippen LogP contribution is 2.34. The first-order valence-corrected chi connectivity index (χ1v) is 9.15. The molecule has 8 nitrogen and oxygen atoms in total. The van der Waals surface area contributed by atoms with E-state index in [1.807, 2.05) is 0 Å². The van der Waals surface area contributed by atoms with Crippen LogP contribution in [0.15, 0.2) is 24.3 Å². The maximum absolute atomic E-state index is 12.8. The van der Waals surface area contributed by atoms with Gasteiger partial charge in [-0.1, -0.05) is 0 Å². The third-order valence-electron chi connectivity index (χ3n) is 5.36. The van der Waals surface area contributed by atoms with Crippen LogP contribution in [-0.4, -0.2) is 61.8 Å². The highest BCUT2D eigenvalue weighted by Gasteiger charge is 2.49. The van der Waals surface area contributed by atoms with Gasteiger partial charge in [-0.3, -0.25) is 9.59 Å². The fourth-order valence-electron chi connectivity index (χ4n) is 3.89. The van der Waals surface area contributed by atoms with E-state index in [1.54, 1.807) is 29.2 Å². The molecule has 3 saturated heterocycles. The Morgan fingerprint density at radius 1 is 1.19 bits per heavy atom. The number of rotatable bonds is 4. The van der Waals surface area contributed by atoms with Gasteiger partial charge in [-0.05, 0) is 37.1 Å². The SMILES string of the molecule is COC(=O)C1CCN2C(=O)N(c3ccc(OC4CCOC4)cc3)C(=O)C2C1. The minimum atomic E-state index is -0.609. The number of imide groups is 1. The maximum Gasteiger partial charge on any atom is 0.332 e. The van der Waals surface area contributed by atoms with Crippen LogP contribution in [0.4, 0.5) is 10.5 Å². The monoisotopic (exact) mass is 374 g/mol. The van der Waals surface area contributed by atoms with Crippen molar-refractivity contribution in [3.05, 3.63) is 24.3 Å². The number of anilines is 1. The molecule has 3 fully saturated rings. The minimum absolute atomic E-state index is 0.0372. The van der Waals surface area contributed by atoms with E-state index in [4.69, 9.17) is 14.2 Å². The first-order valence-electron chi connectivity index (χ1n) is 9.15. The number of nitrogens with zero attached hydrogens (tertiary/aromatic N) is 2. The summed E-state index contributed by atoms with van der Waals surface area (Å²) < 4.78 is 15.9. The van der Waals surface area contributed by atoms with Crippen LogP contribution in [-0.2, 0) is 19.1 Å². The number of carbonyl (C=O) groups excluding carboxylic acids is 3. The third kappa shape index (κ3) is 3.25. The van der Waals surface area contributed by atoms with E-state index in [1.165, 1.54) is 12.0 Å². The molecular formula is C19H22N2O6. The first-order chi connectivity index (χ1) is 13.1. The van der Waals surface area contributed by atoms with Crippen molar-refractivity contribution < 1.29 is 28.6 Å². The average Bonchev–Trinajstić information content (AvgIpc) is 3.29. The number of urea groups is 1. The molecule has 0 N–H and O–H groups in total. The minimum Gasteiger partial charge on any atom is -0.488 e. The van der Waals surface area contributed by atoms with Gasteiger partial charge in [-0.25, -0.2) is 9.69 Å². The molecule has 3 aliphatic heterocycles. The number of carbonyl (C=O) groups is 3. The summed E-state index contributed by atoms with van der Waals surface area (Å²) in [7, 11) is 1.34. The Morgan fingerprint density at radius 3 is 2.63 bits per heavy atom. The number of hydrogen-bond acceptors (Lipinski definition) is 6. The summed E-state index contributed by atoms with van der Waals surface area (Å²) in [6.07, 6.45) is 1.70. The molecule has 0 aromatic heterocycles. The van der Waals surface area contributed by atoms with Gasteiger partial charge >= 0.3 is 12.0 Å². The fraction of sp³-hybridized carbons (Fsp3) is 0.526. The second-order valence-electron chi connectivity index (χ2n) is 7.01. The van der Waals surface area contributed by atoms with Gasteiger partial charge in [0.05, 0.1) is 31.9 Å². The van der Waals surface area contributed by atoms with Crippen molar-refractivity contribution in [1.29, 1.82) is 0 Å². The smallest absolute Gasteiger partial charge is 0.332 e. The number of fused-ring (bicyclic) bond motifs is 1. The van der Waals surface area contributed by atoms with Crippen LogP contribution in [0.1, 0.15) is 19.3 Å². The molecular weight excluding hydrogens is 352 g/mol. The summed E-state index contributed by atoms with van der Waals surface area (Å²) in [4.78, 5) is 40.1. The van der Waals surface area contributed by atoms with Gasteiger partial charge in [0.2, 0.25) is 0 Å². The number of piperidine rings is 1. The Labute approximate surface area is 157 Å². The van der Waals surface area contributed by atoms with Gasteiger partial charge in [0.1, 0.15) is 17.9 Å². The largest absolute Gasteiger partial charge is 0.488 e. The number of methoxy groups -OCH3 is 1. The van der Waals surface area contributed by atoms with E-state index in [9.17, 15) is 14.4 Å². The van der Waals surface area contributed by atoms with E-state index in [2.05, 4.69) is 0 Å². The van der Waals surface area contributed by atoms with Crippen molar-refractivity contribution in [3.63, 3.8) is 0 Å². The lowest BCUT2D eigenvalue weighted by Crippen LogP contribution is -2.44. The first kappa shape index (κ1) is 17.8. The van der Waals surface area contributed by atoms with Gasteiger partial charge < -0.3 is 19.1 Å². The quantitative estimate of drug-likeness (QED) is 0.588. The summed E-state index contributed by atoms with van der Waals surface area (Å²) in [5.41, 5.74) is 0.504. The predicted octanol–water partition coefficient (Wildman–Crippen LogP) is 1.57. The fourth-order valence-corrected chi connectivity index (χ4v) is 3.89. The van der Waals surface area contributed by atoms with Crippen molar-refractivity contribution >= 4 is 23.6 Å². The van der Waals surface area contributed by atoms with Crippen molar-refractivity contribution in [2.75, 3.05) is 31.8 Å². The van der Waals surface area contributed by atoms with Crippen LogP contribution in [0.3, 0.4) is 0 Å². The molecule has 3 aliphatic rings. The average molecular weight is 374 g/mol. The normalized spacial score (nSPS) is 27.7. The van der Waals surface area contributed by atoms with Crippen LogP contribution in [0, 0.1) is 5.92 Å². The molecule has 3 amide bonds. The number of amides is 3. The number of esters is 1. The Balaban J connectivity index is 1.48.